The number of nitrogens with two attached hydrogens (primary N) is 1. The van der Waals surface area contributed by atoms with Crippen LogP contribution < -0.4 is 10.5 Å². The largest absolute Gasteiger partial charge is 0.476 e. The Kier molecular flexibility index (Phi) is 10.0. The van der Waals surface area contributed by atoms with Gasteiger partial charge in [0.25, 0.3) is 0 Å². The Morgan fingerprint density at radius 3 is 2.74 bits per heavy atom. The Bertz CT molecular complexity index is 886. The highest BCUT2D eigenvalue weighted by molar-refractivity contribution is 6.07. The zero-order chi connectivity index (χ0) is 24.5. The average molecular weight is 473 g/mol. The van der Waals surface area contributed by atoms with E-state index in [4.69, 9.17) is 15.2 Å². The lowest BCUT2D eigenvalue weighted by Crippen LogP contribution is -2.31. The highest BCUT2D eigenvalue weighted by Crippen LogP contribution is 2.29. The van der Waals surface area contributed by atoms with E-state index in [2.05, 4.69) is 21.9 Å². The second kappa shape index (κ2) is 13.0. The molecule has 2 heterocycles. The maximum atomic E-state index is 13.6. The van der Waals surface area contributed by atoms with Gasteiger partial charge >= 0.3 is 0 Å². The van der Waals surface area contributed by atoms with Crippen LogP contribution in [0.5, 0.6) is 5.88 Å². The van der Waals surface area contributed by atoms with Gasteiger partial charge < -0.3 is 20.1 Å². The lowest BCUT2D eigenvalue weighted by Gasteiger charge is -2.23. The number of carbonyl (C=O) groups excluding carboxylic acids is 2. The molecule has 34 heavy (non-hydrogen) atoms. The van der Waals surface area contributed by atoms with Crippen molar-refractivity contribution >= 4 is 11.6 Å². The van der Waals surface area contributed by atoms with Gasteiger partial charge in [0.15, 0.2) is 0 Å². The summed E-state index contributed by atoms with van der Waals surface area (Å²) in [5.41, 5.74) is 8.08. The predicted molar refractivity (Wildman–Crippen MR) is 131 cm³/mol. The molecule has 0 unspecified atom stereocenters. The molecule has 1 aromatic rings. The minimum Gasteiger partial charge on any atom is -0.476 e. The molecule has 0 aromatic carbocycles. The summed E-state index contributed by atoms with van der Waals surface area (Å²) < 4.78 is 11.2. The minimum atomic E-state index is -0.377. The molecule has 2 aliphatic rings. The number of methoxy groups -OCH3 is 1. The van der Waals surface area contributed by atoms with Crippen molar-refractivity contribution in [3.63, 3.8) is 0 Å². The predicted octanol–water partition coefficient (Wildman–Crippen LogP) is 3.48. The summed E-state index contributed by atoms with van der Waals surface area (Å²) in [4.78, 5) is 37.5. The lowest BCUT2D eigenvalue weighted by molar-refractivity contribution is -0.123. The van der Waals surface area contributed by atoms with Crippen LogP contribution in [-0.2, 0) is 16.0 Å². The monoisotopic (exact) mass is 472 g/mol. The summed E-state index contributed by atoms with van der Waals surface area (Å²) in [7, 11) is 3.77. The van der Waals surface area contributed by atoms with Crippen molar-refractivity contribution in [2.45, 2.75) is 77.2 Å². The second-order valence-corrected chi connectivity index (χ2v) is 9.48. The van der Waals surface area contributed by atoms with Crippen LogP contribution in [0.3, 0.4) is 0 Å². The Morgan fingerprint density at radius 1 is 1.24 bits per heavy atom. The van der Waals surface area contributed by atoms with Gasteiger partial charge in [0.1, 0.15) is 12.4 Å². The first-order chi connectivity index (χ1) is 16.4. The molecule has 3 rings (SSSR count). The Morgan fingerprint density at radius 2 is 2.06 bits per heavy atom. The molecule has 1 saturated heterocycles. The van der Waals surface area contributed by atoms with Crippen molar-refractivity contribution in [3.05, 3.63) is 28.9 Å². The van der Waals surface area contributed by atoms with Gasteiger partial charge in [0.2, 0.25) is 17.5 Å². The van der Waals surface area contributed by atoms with E-state index in [0.717, 1.165) is 50.8 Å². The number of hydrogen-bond donors (Lipinski definition) is 1. The van der Waals surface area contributed by atoms with E-state index in [-0.39, 0.29) is 23.3 Å². The number of likely N-dealkylation sites (N-methyl/N-ethyl adjacent to an activating group) is 1. The molecule has 1 aromatic heterocycles. The van der Waals surface area contributed by atoms with Gasteiger partial charge in [0, 0.05) is 49.2 Å². The molecule has 8 nitrogen and oxygen atoms in total. The van der Waals surface area contributed by atoms with E-state index < -0.39 is 0 Å². The highest BCUT2D eigenvalue weighted by atomic mass is 16.5. The van der Waals surface area contributed by atoms with Crippen molar-refractivity contribution in [2.24, 2.45) is 11.7 Å². The maximum Gasteiger partial charge on any atom is 0.228 e. The number of aryl methyl sites for hydroxylation is 1. The fourth-order valence-electron chi connectivity index (χ4n) is 4.84. The van der Waals surface area contributed by atoms with E-state index in [1.807, 2.05) is 13.0 Å². The van der Waals surface area contributed by atoms with Crippen molar-refractivity contribution in [1.29, 1.82) is 0 Å². The van der Waals surface area contributed by atoms with Crippen molar-refractivity contribution in [2.75, 3.05) is 33.9 Å². The molecular formula is C26H40N4O4. The topological polar surface area (TPSA) is 108 Å². The number of carbonyl (C=O) groups is 2. The number of rotatable bonds is 12. The number of allylic oxidation sites excluding steroid dienone is 2. The van der Waals surface area contributed by atoms with Gasteiger partial charge in [-0.05, 0) is 58.5 Å². The first-order valence-corrected chi connectivity index (χ1v) is 12.7. The molecular weight excluding hydrogens is 432 g/mol. The zero-order valence-corrected chi connectivity index (χ0v) is 21.0. The van der Waals surface area contributed by atoms with E-state index >= 15 is 0 Å². The zero-order valence-electron chi connectivity index (χ0n) is 21.0. The smallest absolute Gasteiger partial charge is 0.228 e. The standard InChI is InChI=1S/C26H40N4O4/c1-4-9-21(24(27)20-12-5-6-13-22(20)31)25(32)26-28-18(10-8-15-33-3)16-23(29-26)34-17-19-11-7-14-30(19)2/h16,19-20H,4-15,17,27H2,1-3H3/b24-21-/t19-,20-/m0/s1. The second-order valence-electron chi connectivity index (χ2n) is 9.48. The Balaban J connectivity index is 1.88. The lowest BCUT2D eigenvalue weighted by atomic mass is 9.83. The minimum absolute atomic E-state index is 0.0966. The quantitative estimate of drug-likeness (QED) is 0.280. The fraction of sp³-hybridized carbons (Fsp3) is 0.692. The molecule has 1 saturated carbocycles. The first kappa shape index (κ1) is 26.3. The average Bonchev–Trinajstić information content (AvgIpc) is 3.25. The number of Topliss-reactive ketones (excluding diaryl/α,β-unsaturated/α-hetero) is 2. The normalized spacial score (nSPS) is 22.0. The van der Waals surface area contributed by atoms with Crippen LogP contribution in [-0.4, -0.2) is 66.4 Å². The van der Waals surface area contributed by atoms with Gasteiger partial charge in [-0.3, -0.25) is 9.59 Å². The van der Waals surface area contributed by atoms with Crippen molar-refractivity contribution in [3.8, 4) is 5.88 Å². The van der Waals surface area contributed by atoms with Gasteiger partial charge in [-0.25, -0.2) is 4.98 Å². The van der Waals surface area contributed by atoms with Crippen LogP contribution in [0.15, 0.2) is 17.3 Å². The van der Waals surface area contributed by atoms with E-state index in [0.29, 0.717) is 62.1 Å². The van der Waals surface area contributed by atoms with E-state index in [1.54, 1.807) is 7.11 Å². The third-order valence-electron chi connectivity index (χ3n) is 6.89. The van der Waals surface area contributed by atoms with Crippen LogP contribution in [0.4, 0.5) is 0 Å². The van der Waals surface area contributed by atoms with E-state index in [1.165, 1.54) is 0 Å². The molecule has 2 fully saturated rings. The number of nitrogens with zero attached hydrogens (tertiary/aromatic N) is 3. The highest BCUT2D eigenvalue weighted by Gasteiger charge is 2.29. The molecule has 2 N–H and O–H groups in total. The van der Waals surface area contributed by atoms with Gasteiger partial charge in [-0.15, -0.1) is 0 Å². The van der Waals surface area contributed by atoms with Gasteiger partial charge in [0.05, 0.1) is 5.92 Å². The third-order valence-corrected chi connectivity index (χ3v) is 6.89. The number of likely N-dealkylation sites (tertiary alicyclic amines) is 1. The van der Waals surface area contributed by atoms with Gasteiger partial charge in [-0.2, -0.15) is 4.98 Å². The third kappa shape index (κ3) is 6.85. The summed E-state index contributed by atoms with van der Waals surface area (Å²) in [6.07, 6.45) is 7.98. The summed E-state index contributed by atoms with van der Waals surface area (Å²) in [5, 5.41) is 0. The number of hydrogen-bond acceptors (Lipinski definition) is 8. The van der Waals surface area contributed by atoms with Crippen LogP contribution in [0.1, 0.15) is 81.0 Å². The van der Waals surface area contributed by atoms with Crippen molar-refractivity contribution < 1.29 is 19.1 Å². The maximum absolute atomic E-state index is 13.6. The summed E-state index contributed by atoms with van der Waals surface area (Å²) in [6.45, 7) is 4.19. The van der Waals surface area contributed by atoms with Crippen LogP contribution in [0.2, 0.25) is 0 Å². The molecule has 1 aliphatic carbocycles. The summed E-state index contributed by atoms with van der Waals surface area (Å²) in [5.74, 6) is -0.0374. The molecule has 0 radical (unpaired) electrons. The molecule has 0 amide bonds. The number of aromatic nitrogens is 2. The van der Waals surface area contributed by atoms with Crippen LogP contribution in [0.25, 0.3) is 0 Å². The molecule has 1 aliphatic heterocycles. The van der Waals surface area contributed by atoms with Crippen LogP contribution >= 0.6 is 0 Å². The number of ketones is 2. The van der Waals surface area contributed by atoms with Crippen LogP contribution in [0, 0.1) is 5.92 Å². The van der Waals surface area contributed by atoms with Crippen molar-refractivity contribution in [1.82, 2.24) is 14.9 Å². The SMILES string of the molecule is CCC/C(C(=O)c1nc(CCCOC)cc(OC[C@@H]2CCCN2C)n1)=C(/N)[C@H]1CCCCC1=O. The molecule has 0 spiro atoms. The van der Waals surface area contributed by atoms with E-state index in [9.17, 15) is 9.59 Å². The number of ether oxygens (including phenoxy) is 2. The molecule has 0 bridgehead atoms. The Hall–Kier alpha value is -2.32. The molecule has 2 atom stereocenters. The fourth-order valence-corrected chi connectivity index (χ4v) is 4.84. The van der Waals surface area contributed by atoms with Gasteiger partial charge in [-0.1, -0.05) is 19.8 Å². The summed E-state index contributed by atoms with van der Waals surface area (Å²) >= 11 is 0. The Labute approximate surface area is 203 Å². The first-order valence-electron chi connectivity index (χ1n) is 12.7. The summed E-state index contributed by atoms with van der Waals surface area (Å²) in [6, 6.07) is 2.16. The molecule has 188 valence electrons. The molecule has 8 heteroatoms.